The molecule has 1 aromatic heterocycles. The summed E-state index contributed by atoms with van der Waals surface area (Å²) in [5.74, 6) is 0.625. The summed E-state index contributed by atoms with van der Waals surface area (Å²) in [5, 5.41) is 8.59. The number of amides is 3. The number of carbonyl (C=O) groups excluding carboxylic acids is 2. The molecule has 8 nitrogen and oxygen atoms in total. The van der Waals surface area contributed by atoms with Crippen molar-refractivity contribution < 1.29 is 14.3 Å². The third-order valence-electron chi connectivity index (χ3n) is 4.18. The highest BCUT2D eigenvalue weighted by Gasteiger charge is 2.10. The van der Waals surface area contributed by atoms with Crippen molar-refractivity contribution in [2.75, 3.05) is 23.8 Å². The molecule has 3 amide bonds. The summed E-state index contributed by atoms with van der Waals surface area (Å²) in [6.07, 6.45) is 3.60. The van der Waals surface area contributed by atoms with Gasteiger partial charge in [-0.25, -0.2) is 9.78 Å². The van der Waals surface area contributed by atoms with Crippen molar-refractivity contribution in [1.82, 2.24) is 15.3 Å². The van der Waals surface area contributed by atoms with Gasteiger partial charge in [0.25, 0.3) is 5.91 Å². The van der Waals surface area contributed by atoms with Crippen molar-refractivity contribution in [2.24, 2.45) is 0 Å². The van der Waals surface area contributed by atoms with Gasteiger partial charge in [0.05, 0.1) is 30.4 Å². The minimum absolute atomic E-state index is 0.151. The molecule has 0 aliphatic heterocycles. The van der Waals surface area contributed by atoms with Crippen LogP contribution in [0.15, 0.2) is 59.3 Å². The molecule has 3 rings (SSSR count). The molecule has 10 heteroatoms. The molecule has 0 aliphatic rings. The van der Waals surface area contributed by atoms with Gasteiger partial charge in [0.15, 0.2) is 5.82 Å². The van der Waals surface area contributed by atoms with E-state index in [2.05, 4.69) is 41.8 Å². The van der Waals surface area contributed by atoms with Crippen LogP contribution >= 0.6 is 27.5 Å². The lowest BCUT2D eigenvalue weighted by atomic mass is 10.2. The molecule has 0 radical (unpaired) electrons. The highest BCUT2D eigenvalue weighted by atomic mass is 79.9. The van der Waals surface area contributed by atoms with E-state index in [-0.39, 0.29) is 5.91 Å². The molecule has 3 N–H and O–H groups in total. The van der Waals surface area contributed by atoms with Gasteiger partial charge in [0.2, 0.25) is 0 Å². The SMILES string of the molecule is Cc1cnc(NC(=O)Nc2cc(Cl)ccc2OCCCNC(=O)c2ccc(Br)cc2)cn1. The van der Waals surface area contributed by atoms with E-state index in [1.54, 1.807) is 43.5 Å². The molecule has 0 aliphatic carbocycles. The van der Waals surface area contributed by atoms with Gasteiger partial charge in [0, 0.05) is 21.6 Å². The Morgan fingerprint density at radius 1 is 1.06 bits per heavy atom. The van der Waals surface area contributed by atoms with Crippen molar-refractivity contribution >= 4 is 51.0 Å². The van der Waals surface area contributed by atoms with Crippen LogP contribution < -0.4 is 20.7 Å². The number of nitrogens with zero attached hydrogens (tertiary/aromatic N) is 2. The lowest BCUT2D eigenvalue weighted by molar-refractivity contribution is 0.0951. The molecule has 0 spiro atoms. The Balaban J connectivity index is 1.48. The number of halogens is 2. The summed E-state index contributed by atoms with van der Waals surface area (Å²) >= 11 is 9.41. The molecule has 0 saturated carbocycles. The van der Waals surface area contributed by atoms with Gasteiger partial charge >= 0.3 is 6.03 Å². The number of aryl methyl sites for hydroxylation is 1. The first-order valence-corrected chi connectivity index (χ1v) is 10.9. The first kappa shape index (κ1) is 23.5. The maximum absolute atomic E-state index is 12.3. The Morgan fingerprint density at radius 2 is 1.84 bits per heavy atom. The van der Waals surface area contributed by atoms with Gasteiger partial charge in [-0.15, -0.1) is 0 Å². The topological polar surface area (TPSA) is 105 Å². The molecule has 0 atom stereocenters. The first-order chi connectivity index (χ1) is 15.4. The van der Waals surface area contributed by atoms with Crippen LogP contribution in [0, 0.1) is 6.92 Å². The van der Waals surface area contributed by atoms with E-state index in [1.165, 1.54) is 6.20 Å². The predicted octanol–water partition coefficient (Wildman–Crippen LogP) is 5.04. The predicted molar refractivity (Wildman–Crippen MR) is 127 cm³/mol. The molecular formula is C22H21BrClN5O3. The number of benzene rings is 2. The quantitative estimate of drug-likeness (QED) is 0.362. The first-order valence-electron chi connectivity index (χ1n) is 9.73. The zero-order valence-electron chi connectivity index (χ0n) is 17.2. The van der Waals surface area contributed by atoms with Crippen LogP contribution in [0.5, 0.6) is 5.75 Å². The summed E-state index contributed by atoms with van der Waals surface area (Å²) in [7, 11) is 0. The number of anilines is 2. The van der Waals surface area contributed by atoms with E-state index in [4.69, 9.17) is 16.3 Å². The van der Waals surface area contributed by atoms with Crippen molar-refractivity contribution in [3.63, 3.8) is 0 Å². The van der Waals surface area contributed by atoms with Crippen LogP contribution in [-0.2, 0) is 0 Å². The van der Waals surface area contributed by atoms with Gasteiger partial charge in [-0.2, -0.15) is 0 Å². The van der Waals surface area contributed by atoms with Crippen LogP contribution in [0.1, 0.15) is 22.5 Å². The van der Waals surface area contributed by atoms with Gasteiger partial charge < -0.3 is 15.4 Å². The van der Waals surface area contributed by atoms with E-state index in [0.717, 1.165) is 10.2 Å². The Labute approximate surface area is 198 Å². The zero-order valence-corrected chi connectivity index (χ0v) is 19.5. The molecule has 0 fully saturated rings. The third-order valence-corrected chi connectivity index (χ3v) is 4.95. The van der Waals surface area contributed by atoms with Gasteiger partial charge in [-0.05, 0) is 55.8 Å². The molecule has 32 heavy (non-hydrogen) atoms. The number of nitrogens with one attached hydrogen (secondary N) is 3. The standard InChI is InChI=1S/C22H21BrClN5O3/c1-14-12-27-20(13-26-14)29-22(31)28-18-11-17(24)7-8-19(18)32-10-2-9-25-21(30)15-3-5-16(23)6-4-15/h3-8,11-13H,2,9-10H2,1H3,(H,25,30)(H2,27,28,29,31). The Hall–Kier alpha value is -3.17. The number of aromatic nitrogens is 2. The van der Waals surface area contributed by atoms with E-state index in [1.807, 2.05) is 12.1 Å². The number of hydrogen-bond acceptors (Lipinski definition) is 5. The Morgan fingerprint density at radius 3 is 2.56 bits per heavy atom. The van der Waals surface area contributed by atoms with Crippen LogP contribution in [0.2, 0.25) is 5.02 Å². The number of hydrogen-bond donors (Lipinski definition) is 3. The summed E-state index contributed by atoms with van der Waals surface area (Å²) in [4.78, 5) is 32.6. The van der Waals surface area contributed by atoms with Gasteiger partial charge in [-0.3, -0.25) is 15.1 Å². The van der Waals surface area contributed by atoms with Crippen LogP contribution in [-0.4, -0.2) is 35.1 Å². The molecular weight excluding hydrogens is 498 g/mol. The summed E-state index contributed by atoms with van der Waals surface area (Å²) in [6.45, 7) is 2.58. The highest BCUT2D eigenvalue weighted by molar-refractivity contribution is 9.10. The highest BCUT2D eigenvalue weighted by Crippen LogP contribution is 2.28. The largest absolute Gasteiger partial charge is 0.491 e. The Bertz CT molecular complexity index is 1080. The maximum atomic E-state index is 12.3. The Kier molecular flexibility index (Phi) is 8.41. The molecule has 1 heterocycles. The van der Waals surface area contributed by atoms with Gasteiger partial charge in [0.1, 0.15) is 5.75 Å². The fraction of sp³-hybridized carbons (Fsp3) is 0.182. The van der Waals surface area contributed by atoms with E-state index in [0.29, 0.717) is 47.4 Å². The molecule has 0 bridgehead atoms. The second-order valence-electron chi connectivity index (χ2n) is 6.73. The number of rotatable bonds is 8. The average Bonchev–Trinajstić information content (AvgIpc) is 2.77. The van der Waals surface area contributed by atoms with E-state index in [9.17, 15) is 9.59 Å². The van der Waals surface area contributed by atoms with E-state index >= 15 is 0 Å². The molecule has 0 unspecified atom stereocenters. The van der Waals surface area contributed by atoms with Crippen molar-refractivity contribution in [3.05, 3.63) is 75.6 Å². The summed E-state index contributed by atoms with van der Waals surface area (Å²) in [6, 6.07) is 11.5. The minimum atomic E-state index is -0.503. The normalized spacial score (nSPS) is 10.3. The smallest absolute Gasteiger partial charge is 0.325 e. The van der Waals surface area contributed by atoms with Crippen LogP contribution in [0.25, 0.3) is 0 Å². The maximum Gasteiger partial charge on any atom is 0.325 e. The second kappa shape index (κ2) is 11.4. The molecule has 3 aromatic rings. The summed E-state index contributed by atoms with van der Waals surface area (Å²) < 4.78 is 6.69. The van der Waals surface area contributed by atoms with Crippen LogP contribution in [0.4, 0.5) is 16.3 Å². The van der Waals surface area contributed by atoms with Crippen LogP contribution in [0.3, 0.4) is 0 Å². The van der Waals surface area contributed by atoms with Crippen molar-refractivity contribution in [3.8, 4) is 5.75 Å². The zero-order chi connectivity index (χ0) is 22.9. The lowest BCUT2D eigenvalue weighted by Gasteiger charge is -2.14. The number of ether oxygens (including phenoxy) is 1. The summed E-state index contributed by atoms with van der Waals surface area (Å²) in [5.41, 5.74) is 1.74. The fourth-order valence-electron chi connectivity index (χ4n) is 2.61. The van der Waals surface area contributed by atoms with E-state index < -0.39 is 6.03 Å². The minimum Gasteiger partial charge on any atom is -0.491 e. The third kappa shape index (κ3) is 7.21. The fourth-order valence-corrected chi connectivity index (χ4v) is 3.05. The monoisotopic (exact) mass is 517 g/mol. The lowest BCUT2D eigenvalue weighted by Crippen LogP contribution is -2.25. The van der Waals surface area contributed by atoms with Crippen molar-refractivity contribution in [1.29, 1.82) is 0 Å². The second-order valence-corrected chi connectivity index (χ2v) is 8.08. The number of carbonyl (C=O) groups is 2. The molecule has 0 saturated heterocycles. The average molecular weight is 519 g/mol. The van der Waals surface area contributed by atoms with Gasteiger partial charge in [-0.1, -0.05) is 27.5 Å². The number of urea groups is 1. The molecule has 2 aromatic carbocycles. The molecule has 166 valence electrons. The van der Waals surface area contributed by atoms with Crippen molar-refractivity contribution in [2.45, 2.75) is 13.3 Å².